The molecule has 1 aromatic heterocycles. The summed E-state index contributed by atoms with van der Waals surface area (Å²) in [5, 5.41) is 15.1. The largest absolute Gasteiger partial charge is 0.465 e. The van der Waals surface area contributed by atoms with E-state index in [2.05, 4.69) is 10.1 Å². The lowest BCUT2D eigenvalue weighted by Crippen LogP contribution is -2.10. The number of amides is 1. The zero-order valence-corrected chi connectivity index (χ0v) is 12.8. The number of methoxy groups -OCH3 is 1. The second kappa shape index (κ2) is 7.32. The van der Waals surface area contributed by atoms with Gasteiger partial charge in [-0.1, -0.05) is 12.1 Å². The van der Waals surface area contributed by atoms with Crippen molar-refractivity contribution in [3.05, 3.63) is 62.3 Å². The highest BCUT2D eigenvalue weighted by molar-refractivity contribution is 7.12. The summed E-state index contributed by atoms with van der Waals surface area (Å²) in [6.07, 6.45) is 2.51. The average Bonchev–Trinajstić information content (AvgIpc) is 3.00. The smallest absolute Gasteiger partial charge is 0.350 e. The number of thiophene rings is 1. The maximum absolute atomic E-state index is 11.9. The van der Waals surface area contributed by atoms with Gasteiger partial charge in [0.05, 0.1) is 23.3 Å². The first-order valence-corrected chi connectivity index (χ1v) is 7.29. The number of hydrogen-bond acceptors (Lipinski definition) is 6. The second-order valence-corrected chi connectivity index (χ2v) is 5.21. The molecule has 1 amide bonds. The molecule has 0 aliphatic carbocycles. The summed E-state index contributed by atoms with van der Waals surface area (Å²) in [7, 11) is 1.25. The third kappa shape index (κ3) is 4.01. The van der Waals surface area contributed by atoms with Gasteiger partial charge in [0.2, 0.25) is 5.91 Å². The van der Waals surface area contributed by atoms with Crippen molar-refractivity contribution in [3.63, 3.8) is 0 Å². The lowest BCUT2D eigenvalue weighted by atomic mass is 10.1. The van der Waals surface area contributed by atoms with Gasteiger partial charge in [-0.05, 0) is 23.6 Å². The van der Waals surface area contributed by atoms with E-state index in [1.807, 2.05) is 0 Å². The molecular weight excluding hydrogens is 320 g/mol. The van der Waals surface area contributed by atoms with Crippen LogP contribution in [0.3, 0.4) is 0 Å². The molecule has 0 bridgehead atoms. The summed E-state index contributed by atoms with van der Waals surface area (Å²) in [5.41, 5.74) is 0.549. The SMILES string of the molecule is COC(=O)c1sccc1NC(=O)C=Cc1ccccc1[N+](=O)[O-]. The van der Waals surface area contributed by atoms with Crippen LogP contribution in [-0.2, 0) is 9.53 Å². The van der Waals surface area contributed by atoms with E-state index in [-0.39, 0.29) is 10.6 Å². The zero-order valence-electron chi connectivity index (χ0n) is 12.0. The first-order chi connectivity index (χ1) is 11.0. The Morgan fingerprint density at radius 1 is 1.30 bits per heavy atom. The summed E-state index contributed by atoms with van der Waals surface area (Å²) < 4.78 is 4.62. The number of carbonyl (C=O) groups is 2. The molecule has 1 heterocycles. The minimum absolute atomic E-state index is 0.0951. The Labute approximate surface area is 135 Å². The number of hydrogen-bond donors (Lipinski definition) is 1. The van der Waals surface area contributed by atoms with Gasteiger partial charge in [-0.2, -0.15) is 0 Å². The van der Waals surface area contributed by atoms with Crippen LogP contribution in [0.15, 0.2) is 41.8 Å². The lowest BCUT2D eigenvalue weighted by molar-refractivity contribution is -0.385. The standard InChI is InChI=1S/C15H12N2O5S/c1-22-15(19)14-11(8-9-23-14)16-13(18)7-6-10-4-2-3-5-12(10)17(20)21/h2-9H,1H3,(H,16,18). The Morgan fingerprint density at radius 2 is 2.04 bits per heavy atom. The van der Waals surface area contributed by atoms with Crippen LogP contribution in [0.4, 0.5) is 11.4 Å². The van der Waals surface area contributed by atoms with Gasteiger partial charge in [-0.3, -0.25) is 14.9 Å². The van der Waals surface area contributed by atoms with Crippen LogP contribution in [0.25, 0.3) is 6.08 Å². The average molecular weight is 332 g/mol. The Morgan fingerprint density at radius 3 is 2.74 bits per heavy atom. The van der Waals surface area contributed by atoms with Gasteiger partial charge in [0.15, 0.2) is 0 Å². The molecule has 0 aliphatic rings. The number of rotatable bonds is 5. The van der Waals surface area contributed by atoms with Crippen LogP contribution in [0, 0.1) is 10.1 Å². The fourth-order valence-electron chi connectivity index (χ4n) is 1.79. The quantitative estimate of drug-likeness (QED) is 0.392. The van der Waals surface area contributed by atoms with Crippen LogP contribution in [0.5, 0.6) is 0 Å². The summed E-state index contributed by atoms with van der Waals surface area (Å²) in [4.78, 5) is 34.1. The number of nitro benzene ring substituents is 1. The number of para-hydroxylation sites is 1. The van der Waals surface area contributed by atoms with Gasteiger partial charge in [0.1, 0.15) is 4.88 Å². The lowest BCUT2D eigenvalue weighted by Gasteiger charge is -2.02. The van der Waals surface area contributed by atoms with E-state index in [9.17, 15) is 19.7 Å². The van der Waals surface area contributed by atoms with E-state index in [4.69, 9.17) is 0 Å². The van der Waals surface area contributed by atoms with Crippen molar-refractivity contribution in [3.8, 4) is 0 Å². The van der Waals surface area contributed by atoms with Crippen molar-refractivity contribution in [1.29, 1.82) is 0 Å². The Balaban J connectivity index is 2.13. The fraction of sp³-hybridized carbons (Fsp3) is 0.0667. The summed E-state index contributed by atoms with van der Waals surface area (Å²) in [6.45, 7) is 0. The molecule has 1 N–H and O–H groups in total. The predicted molar refractivity (Wildman–Crippen MR) is 86.4 cm³/mol. The molecule has 0 fully saturated rings. The van der Waals surface area contributed by atoms with Crippen LogP contribution in [0.2, 0.25) is 0 Å². The first-order valence-electron chi connectivity index (χ1n) is 6.41. The van der Waals surface area contributed by atoms with Crippen molar-refractivity contribution < 1.29 is 19.2 Å². The summed E-state index contributed by atoms with van der Waals surface area (Å²) >= 11 is 1.14. The zero-order chi connectivity index (χ0) is 16.8. The van der Waals surface area contributed by atoms with Crippen LogP contribution in [-0.4, -0.2) is 23.9 Å². The van der Waals surface area contributed by atoms with E-state index in [0.717, 1.165) is 11.3 Å². The topological polar surface area (TPSA) is 98.5 Å². The van der Waals surface area contributed by atoms with Gasteiger partial charge >= 0.3 is 5.97 Å². The molecule has 2 rings (SSSR count). The molecule has 118 valence electrons. The number of nitrogens with zero attached hydrogens (tertiary/aromatic N) is 1. The molecule has 0 aliphatic heterocycles. The molecule has 23 heavy (non-hydrogen) atoms. The van der Waals surface area contributed by atoms with Crippen molar-refractivity contribution in [2.75, 3.05) is 12.4 Å². The van der Waals surface area contributed by atoms with E-state index < -0.39 is 16.8 Å². The predicted octanol–water partition coefficient (Wildman–Crippen LogP) is 3.09. The molecule has 7 nitrogen and oxygen atoms in total. The van der Waals surface area contributed by atoms with Gasteiger partial charge in [-0.25, -0.2) is 4.79 Å². The molecule has 0 unspecified atom stereocenters. The molecule has 1 aromatic carbocycles. The monoisotopic (exact) mass is 332 g/mol. The third-order valence-corrected chi connectivity index (χ3v) is 3.74. The van der Waals surface area contributed by atoms with Crippen molar-refractivity contribution in [1.82, 2.24) is 0 Å². The first kappa shape index (κ1) is 16.4. The Kier molecular flexibility index (Phi) is 5.21. The Bertz CT molecular complexity index is 782. The maximum Gasteiger partial charge on any atom is 0.350 e. The highest BCUT2D eigenvalue weighted by Crippen LogP contribution is 2.23. The van der Waals surface area contributed by atoms with Crippen LogP contribution < -0.4 is 5.32 Å². The fourth-order valence-corrected chi connectivity index (χ4v) is 2.56. The number of nitro groups is 1. The van der Waals surface area contributed by atoms with E-state index in [1.165, 1.54) is 31.4 Å². The number of esters is 1. The summed E-state index contributed by atoms with van der Waals surface area (Å²) in [5.74, 6) is -1.05. The molecular formula is C15H12N2O5S. The molecule has 0 saturated heterocycles. The number of anilines is 1. The number of nitrogens with one attached hydrogen (secondary N) is 1. The highest BCUT2D eigenvalue weighted by Gasteiger charge is 2.15. The van der Waals surface area contributed by atoms with E-state index in [0.29, 0.717) is 11.3 Å². The van der Waals surface area contributed by atoms with Crippen molar-refractivity contribution in [2.24, 2.45) is 0 Å². The van der Waals surface area contributed by atoms with Crippen LogP contribution in [0.1, 0.15) is 15.2 Å². The normalized spacial score (nSPS) is 10.5. The maximum atomic E-state index is 11.9. The van der Waals surface area contributed by atoms with Gasteiger partial charge in [0, 0.05) is 12.1 Å². The molecule has 2 aromatic rings. The van der Waals surface area contributed by atoms with E-state index >= 15 is 0 Å². The molecule has 0 radical (unpaired) electrons. The molecule has 0 saturated carbocycles. The second-order valence-electron chi connectivity index (χ2n) is 4.29. The number of benzene rings is 1. The molecule has 0 spiro atoms. The van der Waals surface area contributed by atoms with Crippen LogP contribution >= 0.6 is 11.3 Å². The third-order valence-electron chi connectivity index (χ3n) is 2.84. The molecule has 8 heteroatoms. The highest BCUT2D eigenvalue weighted by atomic mass is 32.1. The Hall–Kier alpha value is -3.00. The van der Waals surface area contributed by atoms with Gasteiger partial charge in [-0.15, -0.1) is 11.3 Å². The minimum atomic E-state index is -0.544. The van der Waals surface area contributed by atoms with Gasteiger partial charge < -0.3 is 10.1 Å². The minimum Gasteiger partial charge on any atom is -0.465 e. The van der Waals surface area contributed by atoms with Gasteiger partial charge in [0.25, 0.3) is 5.69 Å². The van der Waals surface area contributed by atoms with E-state index in [1.54, 1.807) is 23.6 Å². The number of ether oxygens (including phenoxy) is 1. The van der Waals surface area contributed by atoms with Crippen molar-refractivity contribution >= 4 is 40.7 Å². The van der Waals surface area contributed by atoms with Crippen molar-refractivity contribution in [2.45, 2.75) is 0 Å². The molecule has 0 atom stereocenters. The number of carbonyl (C=O) groups excluding carboxylic acids is 2. The summed E-state index contributed by atoms with van der Waals surface area (Å²) in [6, 6.07) is 7.65.